The molecule has 0 fully saturated rings. The fraction of sp³-hybridized carbons (Fsp3) is 0.133. The number of urea groups is 1. The first kappa shape index (κ1) is 16.5. The summed E-state index contributed by atoms with van der Waals surface area (Å²) in [5.41, 5.74) is 0.617. The summed E-state index contributed by atoms with van der Waals surface area (Å²) in [6, 6.07) is 14.2. The lowest BCUT2D eigenvalue weighted by Gasteiger charge is -2.21. The molecule has 0 saturated carbocycles. The Hall–Kier alpha value is -1.86. The highest BCUT2D eigenvalue weighted by Crippen LogP contribution is 2.19. The number of benzene rings is 2. The van der Waals surface area contributed by atoms with Crippen LogP contribution in [0, 0.1) is 0 Å². The molecule has 2 aromatic carbocycles. The maximum atomic E-state index is 12.3. The molecule has 0 aromatic heterocycles. The van der Waals surface area contributed by atoms with Gasteiger partial charge in [0.25, 0.3) is 10.0 Å². The van der Waals surface area contributed by atoms with E-state index in [9.17, 15) is 13.2 Å². The number of hydrogen-bond acceptors (Lipinski definition) is 3. The van der Waals surface area contributed by atoms with E-state index in [0.29, 0.717) is 12.2 Å². The number of sulfonamides is 1. The van der Waals surface area contributed by atoms with Crippen LogP contribution in [-0.4, -0.2) is 21.0 Å². The molecule has 0 aliphatic rings. The average Bonchev–Trinajstić information content (AvgIpc) is 2.50. The molecule has 116 valence electrons. The topological polar surface area (TPSA) is 66.5 Å². The second kappa shape index (κ2) is 6.93. The molecule has 0 atom stereocenters. The van der Waals surface area contributed by atoms with Gasteiger partial charge in [0.15, 0.2) is 0 Å². The van der Waals surface area contributed by atoms with Gasteiger partial charge in [0, 0.05) is 16.7 Å². The van der Waals surface area contributed by atoms with E-state index in [4.69, 9.17) is 0 Å². The maximum absolute atomic E-state index is 12.3. The van der Waals surface area contributed by atoms with Crippen molar-refractivity contribution in [2.45, 2.75) is 11.8 Å². The average molecular weight is 383 g/mol. The first-order valence-electron chi connectivity index (χ1n) is 6.59. The predicted molar refractivity (Wildman–Crippen MR) is 89.3 cm³/mol. The van der Waals surface area contributed by atoms with Crippen LogP contribution in [0.4, 0.5) is 10.5 Å². The molecule has 0 unspecified atom stereocenters. The van der Waals surface area contributed by atoms with Crippen LogP contribution in [0.5, 0.6) is 0 Å². The zero-order chi connectivity index (χ0) is 16.2. The smallest absolute Gasteiger partial charge is 0.294 e. The summed E-state index contributed by atoms with van der Waals surface area (Å²) >= 11 is 3.32. The lowest BCUT2D eigenvalue weighted by Crippen LogP contribution is -2.42. The van der Waals surface area contributed by atoms with Gasteiger partial charge in [-0.3, -0.25) is 4.90 Å². The molecular weight excluding hydrogens is 368 g/mol. The summed E-state index contributed by atoms with van der Waals surface area (Å²) in [4.78, 5) is 13.7. The van der Waals surface area contributed by atoms with Crippen molar-refractivity contribution in [2.75, 3.05) is 11.4 Å². The van der Waals surface area contributed by atoms with Crippen molar-refractivity contribution >= 4 is 37.7 Å². The van der Waals surface area contributed by atoms with E-state index in [1.165, 1.54) is 17.0 Å². The van der Waals surface area contributed by atoms with Gasteiger partial charge in [-0.05, 0) is 43.3 Å². The van der Waals surface area contributed by atoms with E-state index in [-0.39, 0.29) is 4.90 Å². The van der Waals surface area contributed by atoms with Crippen molar-refractivity contribution in [3.8, 4) is 0 Å². The summed E-state index contributed by atoms with van der Waals surface area (Å²) in [7, 11) is -3.88. The van der Waals surface area contributed by atoms with Gasteiger partial charge >= 0.3 is 6.03 Å². The van der Waals surface area contributed by atoms with Crippen LogP contribution < -0.4 is 9.62 Å². The third kappa shape index (κ3) is 3.86. The molecule has 0 bridgehead atoms. The third-order valence-corrected chi connectivity index (χ3v) is 4.84. The molecule has 0 spiro atoms. The Morgan fingerprint density at radius 2 is 1.68 bits per heavy atom. The molecule has 2 amide bonds. The van der Waals surface area contributed by atoms with E-state index in [0.717, 1.165) is 4.47 Å². The normalized spacial score (nSPS) is 11.0. The molecule has 5 nitrogen and oxygen atoms in total. The highest BCUT2D eigenvalue weighted by Gasteiger charge is 2.21. The SMILES string of the molecule is CCN(C(=O)NS(=O)(=O)c1ccccc1)c1ccc(Br)cc1. The Bertz CT molecular complexity index is 746. The first-order chi connectivity index (χ1) is 10.4. The molecular formula is C15H15BrN2O3S. The van der Waals surface area contributed by atoms with E-state index >= 15 is 0 Å². The molecule has 0 aliphatic carbocycles. The molecule has 22 heavy (non-hydrogen) atoms. The van der Waals surface area contributed by atoms with Crippen LogP contribution in [0.3, 0.4) is 0 Å². The largest absolute Gasteiger partial charge is 0.335 e. The number of nitrogens with zero attached hydrogens (tertiary/aromatic N) is 1. The monoisotopic (exact) mass is 382 g/mol. The van der Waals surface area contributed by atoms with E-state index in [1.807, 2.05) is 0 Å². The molecule has 0 heterocycles. The molecule has 2 aromatic rings. The van der Waals surface area contributed by atoms with Gasteiger partial charge < -0.3 is 0 Å². The minimum Gasteiger partial charge on any atom is -0.294 e. The number of hydrogen-bond donors (Lipinski definition) is 1. The first-order valence-corrected chi connectivity index (χ1v) is 8.86. The van der Waals surface area contributed by atoms with Crippen LogP contribution in [0.25, 0.3) is 0 Å². The van der Waals surface area contributed by atoms with Gasteiger partial charge in [0.05, 0.1) is 4.90 Å². The van der Waals surface area contributed by atoms with Crippen LogP contribution in [0.2, 0.25) is 0 Å². The van der Waals surface area contributed by atoms with E-state index < -0.39 is 16.1 Å². The summed E-state index contributed by atoms with van der Waals surface area (Å²) in [5.74, 6) is 0. The van der Waals surface area contributed by atoms with Gasteiger partial charge in [0.2, 0.25) is 0 Å². The van der Waals surface area contributed by atoms with Crippen molar-refractivity contribution in [3.05, 3.63) is 59.1 Å². The summed E-state index contributed by atoms with van der Waals surface area (Å²) in [6.07, 6.45) is 0. The Morgan fingerprint density at radius 3 is 2.23 bits per heavy atom. The molecule has 2 rings (SSSR count). The van der Waals surface area contributed by atoms with E-state index in [2.05, 4.69) is 20.7 Å². The Kier molecular flexibility index (Phi) is 5.20. The van der Waals surface area contributed by atoms with E-state index in [1.54, 1.807) is 49.4 Å². The lowest BCUT2D eigenvalue weighted by atomic mass is 10.3. The van der Waals surface area contributed by atoms with Crippen molar-refractivity contribution in [2.24, 2.45) is 0 Å². The van der Waals surface area contributed by atoms with Gasteiger partial charge in [-0.15, -0.1) is 0 Å². The van der Waals surface area contributed by atoms with Crippen molar-refractivity contribution in [3.63, 3.8) is 0 Å². The molecule has 0 radical (unpaired) electrons. The van der Waals surface area contributed by atoms with Crippen molar-refractivity contribution in [1.82, 2.24) is 4.72 Å². The molecule has 1 N–H and O–H groups in total. The highest BCUT2D eigenvalue weighted by atomic mass is 79.9. The maximum Gasteiger partial charge on any atom is 0.335 e. The van der Waals surface area contributed by atoms with Crippen LogP contribution in [0.15, 0.2) is 64.0 Å². The number of carbonyl (C=O) groups excluding carboxylic acids is 1. The Morgan fingerprint density at radius 1 is 1.09 bits per heavy atom. The number of halogens is 1. The van der Waals surface area contributed by atoms with Crippen molar-refractivity contribution < 1.29 is 13.2 Å². The van der Waals surface area contributed by atoms with Gasteiger partial charge in [-0.25, -0.2) is 17.9 Å². The van der Waals surface area contributed by atoms with Gasteiger partial charge in [0.1, 0.15) is 0 Å². The second-order valence-electron chi connectivity index (χ2n) is 4.44. The quantitative estimate of drug-likeness (QED) is 0.881. The fourth-order valence-electron chi connectivity index (χ4n) is 1.89. The molecule has 0 aliphatic heterocycles. The fourth-order valence-corrected chi connectivity index (χ4v) is 3.13. The molecule has 0 saturated heterocycles. The zero-order valence-corrected chi connectivity index (χ0v) is 14.3. The Labute approximate surface area is 138 Å². The predicted octanol–water partition coefficient (Wildman–Crippen LogP) is 3.37. The van der Waals surface area contributed by atoms with Gasteiger partial charge in [-0.1, -0.05) is 34.1 Å². The van der Waals surface area contributed by atoms with Crippen LogP contribution >= 0.6 is 15.9 Å². The minimum absolute atomic E-state index is 0.0511. The second-order valence-corrected chi connectivity index (χ2v) is 7.04. The summed E-state index contributed by atoms with van der Waals surface area (Å²) in [6.45, 7) is 2.12. The zero-order valence-electron chi connectivity index (χ0n) is 11.9. The lowest BCUT2D eigenvalue weighted by molar-refractivity contribution is 0.251. The number of nitrogens with one attached hydrogen (secondary N) is 1. The third-order valence-electron chi connectivity index (χ3n) is 2.97. The highest BCUT2D eigenvalue weighted by molar-refractivity contribution is 9.10. The number of anilines is 1. The number of rotatable bonds is 4. The summed E-state index contributed by atoms with van der Waals surface area (Å²) < 4.78 is 27.3. The van der Waals surface area contributed by atoms with Crippen molar-refractivity contribution in [1.29, 1.82) is 0 Å². The standard InChI is InChI=1S/C15H15BrN2O3S/c1-2-18(13-10-8-12(16)9-11-13)15(19)17-22(20,21)14-6-4-3-5-7-14/h3-11H,2H2,1H3,(H,17,19). The Balaban J connectivity index is 2.21. The molecule has 7 heteroatoms. The van der Waals surface area contributed by atoms with Crippen LogP contribution in [-0.2, 0) is 10.0 Å². The van der Waals surface area contributed by atoms with Gasteiger partial charge in [-0.2, -0.15) is 0 Å². The van der Waals surface area contributed by atoms with Crippen LogP contribution in [0.1, 0.15) is 6.92 Å². The minimum atomic E-state index is -3.88. The number of amides is 2. The summed E-state index contributed by atoms with van der Waals surface area (Å²) in [5, 5.41) is 0. The number of carbonyl (C=O) groups is 1.